The van der Waals surface area contributed by atoms with Crippen molar-refractivity contribution < 1.29 is 14.3 Å². The fourth-order valence-electron chi connectivity index (χ4n) is 4.11. The quantitative estimate of drug-likeness (QED) is 0.504. The zero-order valence-electron chi connectivity index (χ0n) is 19.0. The minimum absolute atomic E-state index is 0.116. The van der Waals surface area contributed by atoms with E-state index in [0.29, 0.717) is 44.3 Å². The summed E-state index contributed by atoms with van der Waals surface area (Å²) in [5.74, 6) is 0.545. The third-order valence-electron chi connectivity index (χ3n) is 5.92. The Balaban J connectivity index is 1.48. The molecule has 1 aromatic carbocycles. The Morgan fingerprint density at radius 1 is 1.12 bits per heavy atom. The van der Waals surface area contributed by atoms with Crippen LogP contribution in [0.15, 0.2) is 48.9 Å². The van der Waals surface area contributed by atoms with E-state index in [1.807, 2.05) is 17.9 Å². The summed E-state index contributed by atoms with van der Waals surface area (Å²) < 4.78 is 5.40. The Morgan fingerprint density at radius 2 is 1.91 bits per heavy atom. The van der Waals surface area contributed by atoms with Crippen molar-refractivity contribution in [2.24, 2.45) is 5.92 Å². The molecule has 3 rings (SSSR count). The number of hydrogen-bond donors (Lipinski definition) is 0. The molecular weight excluding hydrogens is 404 g/mol. The maximum Gasteiger partial charge on any atom is 0.274 e. The van der Waals surface area contributed by atoms with Crippen molar-refractivity contribution in [3.63, 3.8) is 0 Å². The van der Waals surface area contributed by atoms with E-state index in [9.17, 15) is 9.59 Å². The number of likely N-dealkylation sites (tertiary alicyclic amines) is 1. The van der Waals surface area contributed by atoms with Crippen molar-refractivity contribution >= 4 is 11.8 Å². The average molecular weight is 439 g/mol. The lowest BCUT2D eigenvalue weighted by molar-refractivity contribution is -0.132. The summed E-state index contributed by atoms with van der Waals surface area (Å²) in [6.45, 7) is 5.67. The Hall–Kier alpha value is -2.80. The maximum absolute atomic E-state index is 12.9. The second-order valence-corrected chi connectivity index (χ2v) is 8.20. The van der Waals surface area contributed by atoms with E-state index in [4.69, 9.17) is 4.74 Å². The lowest BCUT2D eigenvalue weighted by Crippen LogP contribution is -2.41. The van der Waals surface area contributed by atoms with Gasteiger partial charge in [-0.2, -0.15) is 0 Å². The summed E-state index contributed by atoms with van der Waals surface area (Å²) >= 11 is 0. The van der Waals surface area contributed by atoms with Crippen LogP contribution in [-0.2, 0) is 16.0 Å². The van der Waals surface area contributed by atoms with Crippen LogP contribution >= 0.6 is 0 Å². The van der Waals surface area contributed by atoms with Gasteiger partial charge in [0.25, 0.3) is 5.91 Å². The fraction of sp³-hybridized carbons (Fsp3) is 0.520. The highest BCUT2D eigenvalue weighted by atomic mass is 16.5. The first-order valence-corrected chi connectivity index (χ1v) is 11.6. The van der Waals surface area contributed by atoms with Crippen molar-refractivity contribution in [3.8, 4) is 0 Å². The number of piperidine rings is 1. The summed E-state index contributed by atoms with van der Waals surface area (Å²) in [4.78, 5) is 37.5. The first-order chi connectivity index (χ1) is 15.7. The number of aromatic nitrogens is 2. The highest BCUT2D eigenvalue weighted by Gasteiger charge is 2.24. The van der Waals surface area contributed by atoms with E-state index in [-0.39, 0.29) is 11.8 Å². The van der Waals surface area contributed by atoms with Crippen LogP contribution in [0.5, 0.6) is 0 Å². The Bertz CT molecular complexity index is 824. The highest BCUT2D eigenvalue weighted by Crippen LogP contribution is 2.22. The molecule has 2 amide bonds. The van der Waals surface area contributed by atoms with Crippen molar-refractivity contribution in [2.75, 3.05) is 39.4 Å². The first kappa shape index (κ1) is 23.9. The van der Waals surface area contributed by atoms with Crippen LogP contribution in [0.25, 0.3) is 0 Å². The predicted molar refractivity (Wildman–Crippen MR) is 123 cm³/mol. The van der Waals surface area contributed by atoms with E-state index in [2.05, 4.69) is 34.2 Å². The molecule has 1 fully saturated rings. The van der Waals surface area contributed by atoms with Crippen LogP contribution in [0, 0.1) is 5.92 Å². The van der Waals surface area contributed by atoms with E-state index >= 15 is 0 Å². The molecule has 2 heterocycles. The van der Waals surface area contributed by atoms with E-state index < -0.39 is 0 Å². The van der Waals surface area contributed by atoms with Gasteiger partial charge in [0.15, 0.2) is 0 Å². The second kappa shape index (κ2) is 12.9. The van der Waals surface area contributed by atoms with Crippen molar-refractivity contribution in [1.82, 2.24) is 19.8 Å². The molecule has 0 bridgehead atoms. The molecule has 0 radical (unpaired) electrons. The number of benzene rings is 1. The van der Waals surface area contributed by atoms with E-state index in [1.54, 1.807) is 11.1 Å². The molecule has 172 valence electrons. The first-order valence-electron chi connectivity index (χ1n) is 11.6. The number of rotatable bonds is 11. The van der Waals surface area contributed by atoms with Gasteiger partial charge in [0, 0.05) is 58.2 Å². The molecule has 0 spiro atoms. The van der Waals surface area contributed by atoms with Crippen LogP contribution in [0.1, 0.15) is 48.7 Å². The van der Waals surface area contributed by atoms with Crippen LogP contribution in [0.2, 0.25) is 0 Å². The molecule has 2 aromatic rings. The second-order valence-electron chi connectivity index (χ2n) is 8.20. The summed E-state index contributed by atoms with van der Waals surface area (Å²) in [6, 6.07) is 10.5. The molecule has 0 aliphatic carbocycles. The number of carbonyl (C=O) groups excluding carboxylic acids is 2. The van der Waals surface area contributed by atoms with Gasteiger partial charge in [0.1, 0.15) is 5.69 Å². The molecule has 1 saturated heterocycles. The molecule has 32 heavy (non-hydrogen) atoms. The number of amides is 2. The predicted octanol–water partition coefficient (Wildman–Crippen LogP) is 3.22. The molecule has 0 atom stereocenters. The minimum Gasteiger partial charge on any atom is -0.382 e. The lowest BCUT2D eigenvalue weighted by atomic mass is 9.90. The number of carbonyl (C=O) groups is 2. The minimum atomic E-state index is -0.191. The third-order valence-corrected chi connectivity index (χ3v) is 5.92. The molecule has 7 nitrogen and oxygen atoms in total. The van der Waals surface area contributed by atoms with Gasteiger partial charge in [-0.15, -0.1) is 0 Å². The highest BCUT2D eigenvalue weighted by molar-refractivity contribution is 5.92. The van der Waals surface area contributed by atoms with Crippen molar-refractivity contribution in [3.05, 3.63) is 60.2 Å². The number of ether oxygens (including phenoxy) is 1. The van der Waals surface area contributed by atoms with Gasteiger partial charge in [-0.05, 0) is 44.1 Å². The standard InChI is InChI=1S/C25H34N4O3/c1-2-32-18-6-14-29(25(31)23-20-26-12-13-27-23)17-11-24(30)28-15-9-22(10-16-28)19-21-7-4-3-5-8-21/h3-5,7-8,12-13,20,22H,2,6,9-11,14-19H2,1H3. The molecule has 1 aliphatic heterocycles. The van der Waals surface area contributed by atoms with Crippen LogP contribution in [-0.4, -0.2) is 71.0 Å². The molecular formula is C25H34N4O3. The zero-order valence-corrected chi connectivity index (χ0v) is 19.0. The number of hydrogen-bond acceptors (Lipinski definition) is 5. The summed E-state index contributed by atoms with van der Waals surface area (Å²) in [6.07, 6.45) is 8.69. The fourth-order valence-corrected chi connectivity index (χ4v) is 4.11. The van der Waals surface area contributed by atoms with Gasteiger partial charge >= 0.3 is 0 Å². The normalized spacial score (nSPS) is 14.3. The molecule has 1 aromatic heterocycles. The third kappa shape index (κ3) is 7.41. The van der Waals surface area contributed by atoms with Crippen molar-refractivity contribution in [1.29, 1.82) is 0 Å². The zero-order chi connectivity index (χ0) is 22.6. The van der Waals surface area contributed by atoms with Gasteiger partial charge in [-0.25, -0.2) is 4.98 Å². The number of nitrogens with zero attached hydrogens (tertiary/aromatic N) is 4. The van der Waals surface area contributed by atoms with E-state index in [0.717, 1.165) is 38.8 Å². The Kier molecular flexibility index (Phi) is 9.62. The summed E-state index contributed by atoms with van der Waals surface area (Å²) in [5, 5.41) is 0. The molecule has 1 aliphatic rings. The topological polar surface area (TPSA) is 75.6 Å². The Labute approximate surface area is 190 Å². The Morgan fingerprint density at radius 3 is 2.59 bits per heavy atom. The monoisotopic (exact) mass is 438 g/mol. The SMILES string of the molecule is CCOCCCN(CCC(=O)N1CCC(Cc2ccccc2)CC1)C(=O)c1cnccn1. The van der Waals surface area contributed by atoms with Gasteiger partial charge in [-0.3, -0.25) is 14.6 Å². The largest absolute Gasteiger partial charge is 0.382 e. The molecule has 0 N–H and O–H groups in total. The van der Waals surface area contributed by atoms with Gasteiger partial charge < -0.3 is 14.5 Å². The molecule has 7 heteroatoms. The van der Waals surface area contributed by atoms with Gasteiger partial charge in [0.05, 0.1) is 6.20 Å². The molecule has 0 unspecified atom stereocenters. The smallest absolute Gasteiger partial charge is 0.274 e. The maximum atomic E-state index is 12.9. The average Bonchev–Trinajstić information content (AvgIpc) is 2.84. The van der Waals surface area contributed by atoms with Gasteiger partial charge in [-0.1, -0.05) is 30.3 Å². The van der Waals surface area contributed by atoms with Crippen LogP contribution in [0.3, 0.4) is 0 Å². The van der Waals surface area contributed by atoms with Crippen LogP contribution in [0.4, 0.5) is 0 Å². The van der Waals surface area contributed by atoms with Gasteiger partial charge in [0.2, 0.25) is 5.91 Å². The van der Waals surface area contributed by atoms with Crippen LogP contribution < -0.4 is 0 Å². The molecule has 0 saturated carbocycles. The summed E-state index contributed by atoms with van der Waals surface area (Å²) in [5.41, 5.74) is 1.67. The summed E-state index contributed by atoms with van der Waals surface area (Å²) in [7, 11) is 0. The van der Waals surface area contributed by atoms with Crippen molar-refractivity contribution in [2.45, 2.75) is 39.0 Å². The van der Waals surface area contributed by atoms with E-state index in [1.165, 1.54) is 18.0 Å². The lowest BCUT2D eigenvalue weighted by Gasteiger charge is -2.33.